The summed E-state index contributed by atoms with van der Waals surface area (Å²) in [5.41, 5.74) is 2.20. The number of benzene rings is 1. The third-order valence-electron chi connectivity index (χ3n) is 6.31. The van der Waals surface area contributed by atoms with E-state index in [0.29, 0.717) is 29.7 Å². The second kappa shape index (κ2) is 9.95. The van der Waals surface area contributed by atoms with Crippen LogP contribution in [-0.2, 0) is 6.54 Å². The van der Waals surface area contributed by atoms with Gasteiger partial charge in [-0.3, -0.25) is 14.2 Å². The number of anilines is 1. The van der Waals surface area contributed by atoms with Gasteiger partial charge in [-0.1, -0.05) is 52.2 Å². The number of nitrogens with one attached hydrogen (secondary N) is 2. The maximum Gasteiger partial charge on any atom is 0.252 e. The van der Waals surface area contributed by atoms with Gasteiger partial charge in [-0.15, -0.1) is 0 Å². The highest BCUT2D eigenvalue weighted by Crippen LogP contribution is 2.22. The maximum atomic E-state index is 12.6. The normalized spacial score (nSPS) is 15.8. The second-order valence-electron chi connectivity index (χ2n) is 10.6. The first-order chi connectivity index (χ1) is 16.2. The van der Waals surface area contributed by atoms with E-state index in [1.807, 2.05) is 31.2 Å². The number of pyridine rings is 1. The fraction of sp³-hybridized carbons (Fsp3) is 0.481. The summed E-state index contributed by atoms with van der Waals surface area (Å²) in [7, 11) is 0. The van der Waals surface area contributed by atoms with Crippen LogP contribution in [0.5, 0.6) is 0 Å². The first-order valence-electron chi connectivity index (χ1n) is 12.2. The van der Waals surface area contributed by atoms with E-state index >= 15 is 0 Å². The number of fused-ring (bicyclic) bond motifs is 1. The third kappa shape index (κ3) is 5.82. The van der Waals surface area contributed by atoms with Crippen LogP contribution in [0.3, 0.4) is 0 Å². The molecule has 7 heteroatoms. The summed E-state index contributed by atoms with van der Waals surface area (Å²) in [5.74, 6) is 0.459. The van der Waals surface area contributed by atoms with Crippen molar-refractivity contribution < 1.29 is 4.79 Å². The zero-order valence-electron chi connectivity index (χ0n) is 20.6. The molecule has 34 heavy (non-hydrogen) atoms. The highest BCUT2D eigenvalue weighted by molar-refractivity contribution is 5.94. The van der Waals surface area contributed by atoms with Gasteiger partial charge in [-0.05, 0) is 48.9 Å². The van der Waals surface area contributed by atoms with Crippen molar-refractivity contribution in [1.29, 1.82) is 0 Å². The number of amides is 1. The van der Waals surface area contributed by atoms with Gasteiger partial charge in [-0.2, -0.15) is 4.98 Å². The van der Waals surface area contributed by atoms with Crippen molar-refractivity contribution in [2.75, 3.05) is 5.32 Å². The number of rotatable bonds is 6. The summed E-state index contributed by atoms with van der Waals surface area (Å²) < 4.78 is 1.71. The molecule has 1 unspecified atom stereocenters. The van der Waals surface area contributed by atoms with E-state index in [4.69, 9.17) is 0 Å². The highest BCUT2D eigenvalue weighted by Gasteiger charge is 2.18. The van der Waals surface area contributed by atoms with Gasteiger partial charge in [0.1, 0.15) is 5.65 Å². The molecular formula is C27H35N5O2. The summed E-state index contributed by atoms with van der Waals surface area (Å²) in [6.07, 6.45) is 7.53. The molecule has 4 rings (SSSR count). The van der Waals surface area contributed by atoms with Gasteiger partial charge >= 0.3 is 0 Å². The molecule has 0 saturated heterocycles. The smallest absolute Gasteiger partial charge is 0.252 e. The molecule has 1 amide bonds. The van der Waals surface area contributed by atoms with Gasteiger partial charge in [0.15, 0.2) is 0 Å². The van der Waals surface area contributed by atoms with Crippen LogP contribution in [0.1, 0.15) is 81.8 Å². The zero-order valence-corrected chi connectivity index (χ0v) is 20.6. The Bertz CT molecular complexity index is 1200. The number of hydrogen-bond donors (Lipinski definition) is 2. The predicted molar refractivity (Wildman–Crippen MR) is 136 cm³/mol. The molecule has 0 radical (unpaired) electrons. The molecule has 0 bridgehead atoms. The molecular weight excluding hydrogens is 426 g/mol. The third-order valence-corrected chi connectivity index (χ3v) is 6.31. The average molecular weight is 462 g/mol. The Morgan fingerprint density at radius 1 is 1.09 bits per heavy atom. The lowest BCUT2D eigenvalue weighted by Crippen LogP contribution is -2.36. The van der Waals surface area contributed by atoms with Gasteiger partial charge in [0.25, 0.3) is 11.5 Å². The molecule has 1 aromatic carbocycles. The number of carbonyl (C=O) groups is 1. The van der Waals surface area contributed by atoms with Gasteiger partial charge in [0.2, 0.25) is 5.95 Å². The zero-order chi connectivity index (χ0) is 24.3. The lowest BCUT2D eigenvalue weighted by Gasteiger charge is -2.23. The van der Waals surface area contributed by atoms with Crippen LogP contribution in [0.4, 0.5) is 5.95 Å². The predicted octanol–water partition coefficient (Wildman–Crippen LogP) is 5.07. The van der Waals surface area contributed by atoms with Crippen LogP contribution < -0.4 is 16.2 Å². The Hall–Kier alpha value is -3.22. The second-order valence-corrected chi connectivity index (χ2v) is 10.6. The van der Waals surface area contributed by atoms with Gasteiger partial charge in [-0.25, -0.2) is 4.98 Å². The summed E-state index contributed by atoms with van der Waals surface area (Å²) in [4.78, 5) is 34.2. The van der Waals surface area contributed by atoms with E-state index in [1.165, 1.54) is 19.3 Å². The molecule has 2 aromatic heterocycles. The summed E-state index contributed by atoms with van der Waals surface area (Å²) in [6.45, 7) is 8.89. The molecule has 1 atom stereocenters. The average Bonchev–Trinajstić information content (AvgIpc) is 2.81. The van der Waals surface area contributed by atoms with E-state index in [1.54, 1.807) is 22.9 Å². The van der Waals surface area contributed by atoms with Crippen molar-refractivity contribution in [3.05, 3.63) is 64.1 Å². The maximum absolute atomic E-state index is 12.6. The van der Waals surface area contributed by atoms with E-state index in [-0.39, 0.29) is 22.9 Å². The fourth-order valence-electron chi connectivity index (χ4n) is 4.48. The largest absolute Gasteiger partial charge is 0.349 e. The highest BCUT2D eigenvalue weighted by atomic mass is 16.1. The van der Waals surface area contributed by atoms with Crippen LogP contribution in [0.2, 0.25) is 0 Å². The van der Waals surface area contributed by atoms with Gasteiger partial charge < -0.3 is 10.6 Å². The molecule has 1 fully saturated rings. The minimum Gasteiger partial charge on any atom is -0.349 e. The topological polar surface area (TPSA) is 88.9 Å². The fourth-order valence-corrected chi connectivity index (χ4v) is 4.48. The lowest BCUT2D eigenvalue weighted by molar-refractivity contribution is 0.0927. The molecule has 0 spiro atoms. The van der Waals surface area contributed by atoms with Gasteiger partial charge in [0.05, 0.1) is 6.04 Å². The van der Waals surface area contributed by atoms with Crippen LogP contribution in [-0.4, -0.2) is 26.5 Å². The Balaban J connectivity index is 1.48. The monoisotopic (exact) mass is 461 g/mol. The molecule has 1 aliphatic rings. The number of hydrogen-bond acceptors (Lipinski definition) is 5. The molecule has 7 nitrogen and oxygen atoms in total. The summed E-state index contributed by atoms with van der Waals surface area (Å²) in [6, 6.07) is 11.2. The van der Waals surface area contributed by atoms with Gasteiger partial charge in [0, 0.05) is 35.8 Å². The molecule has 2 N–H and O–H groups in total. The molecule has 0 aliphatic heterocycles. The summed E-state index contributed by atoms with van der Waals surface area (Å²) in [5, 5.41) is 7.33. The number of nitrogens with zero attached hydrogens (tertiary/aromatic N) is 3. The SMILES string of the molecule is CC(Nc1ncc2ccc(=O)n(CC(C)(C)C)c2n1)c1ccc(C(=O)NC2CCCCC2)cc1. The van der Waals surface area contributed by atoms with E-state index in [9.17, 15) is 9.59 Å². The van der Waals surface area contributed by atoms with Crippen molar-refractivity contribution >= 4 is 22.9 Å². The van der Waals surface area contributed by atoms with Crippen LogP contribution in [0.25, 0.3) is 11.0 Å². The first kappa shape index (κ1) is 23.9. The minimum absolute atomic E-state index is 0.00579. The van der Waals surface area contributed by atoms with E-state index in [0.717, 1.165) is 23.8 Å². The van der Waals surface area contributed by atoms with Crippen LogP contribution >= 0.6 is 0 Å². The van der Waals surface area contributed by atoms with Crippen molar-refractivity contribution in [2.45, 2.75) is 78.4 Å². The molecule has 1 aliphatic carbocycles. The standard InChI is InChI=1S/C27H35N5O2/c1-18(19-10-12-20(13-11-19)25(34)30-22-8-6-5-7-9-22)29-26-28-16-21-14-15-23(33)32(24(21)31-26)17-27(2,3)4/h10-16,18,22H,5-9,17H2,1-4H3,(H,30,34)(H,28,29,31). The Morgan fingerprint density at radius 3 is 2.47 bits per heavy atom. The van der Waals surface area contributed by atoms with E-state index < -0.39 is 0 Å². The molecule has 2 heterocycles. The number of aromatic nitrogens is 3. The quantitative estimate of drug-likeness (QED) is 0.535. The Morgan fingerprint density at radius 2 is 1.79 bits per heavy atom. The Labute approximate surface area is 201 Å². The van der Waals surface area contributed by atoms with Crippen molar-refractivity contribution in [1.82, 2.24) is 19.9 Å². The summed E-state index contributed by atoms with van der Waals surface area (Å²) >= 11 is 0. The van der Waals surface area contributed by atoms with Crippen LogP contribution in [0.15, 0.2) is 47.4 Å². The van der Waals surface area contributed by atoms with Crippen molar-refractivity contribution in [3.63, 3.8) is 0 Å². The minimum atomic E-state index is -0.0700. The van der Waals surface area contributed by atoms with E-state index in [2.05, 4.69) is 41.4 Å². The van der Waals surface area contributed by atoms with Crippen LogP contribution in [0, 0.1) is 5.41 Å². The lowest BCUT2D eigenvalue weighted by atomic mass is 9.95. The molecule has 3 aromatic rings. The van der Waals surface area contributed by atoms with Crippen molar-refractivity contribution in [3.8, 4) is 0 Å². The Kier molecular flexibility index (Phi) is 7.00. The van der Waals surface area contributed by atoms with Crippen molar-refractivity contribution in [2.24, 2.45) is 5.41 Å². The molecule has 1 saturated carbocycles. The number of carbonyl (C=O) groups excluding carboxylic acids is 1. The molecule has 180 valence electrons. The first-order valence-corrected chi connectivity index (χ1v) is 12.2.